The van der Waals surface area contributed by atoms with E-state index in [4.69, 9.17) is 14.9 Å². The van der Waals surface area contributed by atoms with Gasteiger partial charge in [0.15, 0.2) is 0 Å². The molecule has 5 N–H and O–H groups in total. The van der Waals surface area contributed by atoms with Gasteiger partial charge in [-0.15, -0.1) is 0 Å². The number of hydrogen-bond donors (Lipinski definition) is 5. The molecule has 0 fully saturated rings. The molecule has 4 atom stereocenters. The molecule has 0 aliphatic carbocycles. The molecule has 7 nitrogen and oxygen atoms in total. The zero-order chi connectivity index (χ0) is 16.7. The Labute approximate surface area is 128 Å². The fourth-order valence-electron chi connectivity index (χ4n) is 1.86. The summed E-state index contributed by atoms with van der Waals surface area (Å²) in [4.78, 5) is 10.7. The van der Waals surface area contributed by atoms with E-state index in [0.717, 1.165) is 0 Å². The first-order valence-corrected chi connectivity index (χ1v) is 7.01. The summed E-state index contributed by atoms with van der Waals surface area (Å²) in [6, 6.07) is 5.92. The highest BCUT2D eigenvalue weighted by Gasteiger charge is 2.27. The van der Waals surface area contributed by atoms with E-state index in [2.05, 4.69) is 0 Å². The zero-order valence-corrected chi connectivity index (χ0v) is 12.3. The molecule has 1 aromatic carbocycles. The molecule has 0 aliphatic heterocycles. The van der Waals surface area contributed by atoms with Gasteiger partial charge in [0.2, 0.25) is 0 Å². The van der Waals surface area contributed by atoms with Crippen molar-refractivity contribution in [2.75, 3.05) is 6.61 Å². The number of aliphatic hydroxyl groups excluding tert-OH is 4. The standard InChI is InChI=1S/C15H22O7/c1-9(16)13(18)14(19)12(17)3-2-8-22-11-6-4-10(5-7-11)15(20)21/h4-7,9,12-14,16-19H,2-3,8H2,1H3,(H,20,21)/t9-,12+,13+,14-/m0/s1. The molecule has 0 saturated carbocycles. The first kappa shape index (κ1) is 18.4. The van der Waals surface area contributed by atoms with E-state index in [1.807, 2.05) is 0 Å². The van der Waals surface area contributed by atoms with Crippen LogP contribution in [0.25, 0.3) is 0 Å². The SMILES string of the molecule is C[C@H](O)[C@@H](O)[C@@H](O)[C@H](O)CCCOc1ccc(C(=O)O)cc1. The van der Waals surface area contributed by atoms with Gasteiger partial charge in [0.25, 0.3) is 0 Å². The van der Waals surface area contributed by atoms with Crippen molar-refractivity contribution < 1.29 is 35.1 Å². The average Bonchev–Trinajstić information content (AvgIpc) is 2.50. The summed E-state index contributed by atoms with van der Waals surface area (Å²) < 4.78 is 5.38. The number of ether oxygens (including phenoxy) is 1. The molecule has 1 aromatic rings. The maximum Gasteiger partial charge on any atom is 0.335 e. The topological polar surface area (TPSA) is 127 Å². The summed E-state index contributed by atoms with van der Waals surface area (Å²) >= 11 is 0. The second-order valence-electron chi connectivity index (χ2n) is 5.11. The molecular weight excluding hydrogens is 292 g/mol. The third-order valence-electron chi connectivity index (χ3n) is 3.25. The van der Waals surface area contributed by atoms with Crippen molar-refractivity contribution in [1.29, 1.82) is 0 Å². The normalized spacial score (nSPS) is 16.6. The van der Waals surface area contributed by atoms with Crippen molar-refractivity contribution in [3.8, 4) is 5.75 Å². The molecule has 22 heavy (non-hydrogen) atoms. The highest BCUT2D eigenvalue weighted by molar-refractivity contribution is 5.87. The quantitative estimate of drug-likeness (QED) is 0.406. The second kappa shape index (κ2) is 8.70. The van der Waals surface area contributed by atoms with Gasteiger partial charge in [-0.05, 0) is 44.0 Å². The maximum absolute atomic E-state index is 10.7. The first-order chi connectivity index (χ1) is 10.3. The number of hydrogen-bond acceptors (Lipinski definition) is 6. The van der Waals surface area contributed by atoms with Crippen molar-refractivity contribution in [1.82, 2.24) is 0 Å². The van der Waals surface area contributed by atoms with E-state index in [1.165, 1.54) is 31.2 Å². The van der Waals surface area contributed by atoms with Crippen LogP contribution in [-0.2, 0) is 0 Å². The van der Waals surface area contributed by atoms with E-state index in [9.17, 15) is 20.1 Å². The number of aliphatic hydroxyl groups is 4. The fourth-order valence-corrected chi connectivity index (χ4v) is 1.86. The lowest BCUT2D eigenvalue weighted by atomic mass is 10.0. The van der Waals surface area contributed by atoms with E-state index in [0.29, 0.717) is 12.2 Å². The summed E-state index contributed by atoms with van der Waals surface area (Å²) in [5, 5.41) is 46.6. The van der Waals surface area contributed by atoms with Gasteiger partial charge >= 0.3 is 5.97 Å². The van der Waals surface area contributed by atoms with Crippen LogP contribution in [0.3, 0.4) is 0 Å². The highest BCUT2D eigenvalue weighted by Crippen LogP contribution is 2.14. The monoisotopic (exact) mass is 314 g/mol. The summed E-state index contributed by atoms with van der Waals surface area (Å²) in [6.07, 6.45) is -4.51. The number of carboxylic acid groups (broad SMARTS) is 1. The number of benzene rings is 1. The Morgan fingerprint density at radius 1 is 1.09 bits per heavy atom. The second-order valence-corrected chi connectivity index (χ2v) is 5.11. The van der Waals surface area contributed by atoms with E-state index in [1.54, 1.807) is 0 Å². The maximum atomic E-state index is 10.7. The van der Waals surface area contributed by atoms with Crippen LogP contribution in [0.15, 0.2) is 24.3 Å². The van der Waals surface area contributed by atoms with Crippen LogP contribution < -0.4 is 4.74 Å². The van der Waals surface area contributed by atoms with Crippen LogP contribution in [-0.4, -0.2) is 62.5 Å². The van der Waals surface area contributed by atoms with Gasteiger partial charge in [-0.25, -0.2) is 4.79 Å². The van der Waals surface area contributed by atoms with E-state index >= 15 is 0 Å². The smallest absolute Gasteiger partial charge is 0.335 e. The van der Waals surface area contributed by atoms with Crippen LogP contribution in [0.2, 0.25) is 0 Å². The lowest BCUT2D eigenvalue weighted by Crippen LogP contribution is -2.43. The molecule has 0 spiro atoms. The third-order valence-corrected chi connectivity index (χ3v) is 3.25. The van der Waals surface area contributed by atoms with E-state index < -0.39 is 30.4 Å². The van der Waals surface area contributed by atoms with E-state index in [-0.39, 0.29) is 18.6 Å². The summed E-state index contributed by atoms with van der Waals surface area (Å²) in [6.45, 7) is 1.59. The van der Waals surface area contributed by atoms with Crippen molar-refractivity contribution in [3.63, 3.8) is 0 Å². The predicted molar refractivity (Wildman–Crippen MR) is 77.8 cm³/mol. The fraction of sp³-hybridized carbons (Fsp3) is 0.533. The lowest BCUT2D eigenvalue weighted by molar-refractivity contribution is -0.102. The van der Waals surface area contributed by atoms with Gasteiger partial charge in [0, 0.05) is 0 Å². The number of carboxylic acids is 1. The molecular formula is C15H22O7. The summed E-state index contributed by atoms with van der Waals surface area (Å²) in [5.41, 5.74) is 0.165. The summed E-state index contributed by atoms with van der Waals surface area (Å²) in [5.74, 6) is -0.510. The molecule has 0 amide bonds. The van der Waals surface area contributed by atoms with Crippen molar-refractivity contribution >= 4 is 5.97 Å². The molecule has 0 bridgehead atoms. The van der Waals surface area contributed by atoms with Gasteiger partial charge in [0.05, 0.1) is 24.4 Å². The largest absolute Gasteiger partial charge is 0.494 e. The van der Waals surface area contributed by atoms with Gasteiger partial charge in [-0.1, -0.05) is 0 Å². The Bertz CT molecular complexity index is 457. The molecule has 0 radical (unpaired) electrons. The lowest BCUT2D eigenvalue weighted by Gasteiger charge is -2.24. The van der Waals surface area contributed by atoms with Gasteiger partial charge in [-0.2, -0.15) is 0 Å². The van der Waals surface area contributed by atoms with Crippen LogP contribution in [0, 0.1) is 0 Å². The Hall–Kier alpha value is -1.67. The molecule has 0 unspecified atom stereocenters. The van der Waals surface area contributed by atoms with Gasteiger partial charge < -0.3 is 30.3 Å². The Kier molecular flexibility index (Phi) is 7.26. The minimum atomic E-state index is -1.42. The van der Waals surface area contributed by atoms with Crippen molar-refractivity contribution in [2.24, 2.45) is 0 Å². The molecule has 124 valence electrons. The minimum absolute atomic E-state index is 0.165. The molecule has 0 saturated heterocycles. The Balaban J connectivity index is 2.31. The van der Waals surface area contributed by atoms with Gasteiger partial charge in [0.1, 0.15) is 18.0 Å². The number of carbonyl (C=O) groups is 1. The highest BCUT2D eigenvalue weighted by atomic mass is 16.5. The molecule has 0 heterocycles. The summed E-state index contributed by atoms with van der Waals surface area (Å²) in [7, 11) is 0. The van der Waals surface area contributed by atoms with Crippen LogP contribution in [0.1, 0.15) is 30.1 Å². The molecule has 0 aliphatic rings. The number of rotatable bonds is 9. The van der Waals surface area contributed by atoms with Crippen molar-refractivity contribution in [3.05, 3.63) is 29.8 Å². The molecule has 7 heteroatoms. The Morgan fingerprint density at radius 2 is 1.68 bits per heavy atom. The minimum Gasteiger partial charge on any atom is -0.494 e. The number of aromatic carboxylic acids is 1. The molecule has 0 aromatic heterocycles. The van der Waals surface area contributed by atoms with Crippen LogP contribution >= 0.6 is 0 Å². The predicted octanol–water partition coefficient (Wildman–Crippen LogP) is 0.00730. The average molecular weight is 314 g/mol. The Morgan fingerprint density at radius 3 is 2.18 bits per heavy atom. The molecule has 1 rings (SSSR count). The van der Waals surface area contributed by atoms with Gasteiger partial charge in [-0.3, -0.25) is 0 Å². The van der Waals surface area contributed by atoms with Crippen LogP contribution in [0.5, 0.6) is 5.75 Å². The zero-order valence-electron chi connectivity index (χ0n) is 12.3. The van der Waals surface area contributed by atoms with Crippen molar-refractivity contribution in [2.45, 2.75) is 44.2 Å². The van der Waals surface area contributed by atoms with Crippen LogP contribution in [0.4, 0.5) is 0 Å². The third kappa shape index (κ3) is 5.61. The first-order valence-electron chi connectivity index (χ1n) is 7.01.